The molecule has 1 fully saturated rings. The van der Waals surface area contributed by atoms with Gasteiger partial charge in [-0.25, -0.2) is 0 Å². The van der Waals surface area contributed by atoms with E-state index in [1.807, 2.05) is 6.92 Å². The van der Waals surface area contributed by atoms with Crippen molar-refractivity contribution in [3.05, 3.63) is 11.7 Å². The van der Waals surface area contributed by atoms with Crippen molar-refractivity contribution in [2.24, 2.45) is 11.7 Å². The van der Waals surface area contributed by atoms with E-state index in [-0.39, 0.29) is 11.6 Å². The monoisotopic (exact) mass is 295 g/mol. The van der Waals surface area contributed by atoms with Crippen LogP contribution in [0.1, 0.15) is 83.5 Å². The zero-order valence-corrected chi connectivity index (χ0v) is 13.6. The van der Waals surface area contributed by atoms with E-state index >= 15 is 0 Å². The lowest BCUT2D eigenvalue weighted by molar-refractivity contribution is -0.0636. The summed E-state index contributed by atoms with van der Waals surface area (Å²) in [7, 11) is 0. The van der Waals surface area contributed by atoms with Gasteiger partial charge in [-0.2, -0.15) is 4.98 Å². The molecule has 2 N–H and O–H groups in total. The third-order valence-electron chi connectivity index (χ3n) is 4.22. The topological polar surface area (TPSA) is 74.2 Å². The number of hydrogen-bond acceptors (Lipinski definition) is 5. The fourth-order valence-corrected chi connectivity index (χ4v) is 3.19. The molecule has 0 spiro atoms. The van der Waals surface area contributed by atoms with Crippen LogP contribution >= 0.6 is 0 Å². The highest BCUT2D eigenvalue weighted by atomic mass is 16.5. The van der Waals surface area contributed by atoms with Gasteiger partial charge >= 0.3 is 0 Å². The van der Waals surface area contributed by atoms with Crippen molar-refractivity contribution < 1.29 is 9.26 Å². The van der Waals surface area contributed by atoms with Crippen LogP contribution in [0, 0.1) is 5.92 Å². The number of nitrogens with two attached hydrogens (primary N) is 1. The summed E-state index contributed by atoms with van der Waals surface area (Å²) in [6.45, 7) is 6.98. The summed E-state index contributed by atoms with van der Waals surface area (Å²) in [5.41, 5.74) is 5.78. The van der Waals surface area contributed by atoms with E-state index < -0.39 is 0 Å². The molecule has 1 aromatic rings. The summed E-state index contributed by atoms with van der Waals surface area (Å²) in [5, 5.41) is 4.21. The molecule has 1 aliphatic carbocycles. The fraction of sp³-hybridized carbons (Fsp3) is 0.875. The highest BCUT2D eigenvalue weighted by Crippen LogP contribution is 2.38. The van der Waals surface area contributed by atoms with Crippen LogP contribution in [0.5, 0.6) is 0 Å². The van der Waals surface area contributed by atoms with Crippen LogP contribution in [0.2, 0.25) is 0 Å². The molecule has 1 aliphatic rings. The normalized spacial score (nSPS) is 20.4. The van der Waals surface area contributed by atoms with Crippen LogP contribution in [0.3, 0.4) is 0 Å². The van der Waals surface area contributed by atoms with Gasteiger partial charge in [-0.1, -0.05) is 44.7 Å². The van der Waals surface area contributed by atoms with Gasteiger partial charge in [-0.05, 0) is 32.1 Å². The van der Waals surface area contributed by atoms with E-state index in [0.29, 0.717) is 24.2 Å². The van der Waals surface area contributed by atoms with Crippen LogP contribution in [-0.2, 0) is 10.3 Å². The first kappa shape index (κ1) is 16.4. The lowest BCUT2D eigenvalue weighted by Gasteiger charge is -2.29. The zero-order chi connectivity index (χ0) is 15.3. The van der Waals surface area contributed by atoms with Gasteiger partial charge in [0, 0.05) is 6.61 Å². The van der Waals surface area contributed by atoms with Crippen LogP contribution < -0.4 is 5.73 Å². The Hall–Kier alpha value is -0.940. The van der Waals surface area contributed by atoms with E-state index in [1.54, 1.807) is 0 Å². The number of ether oxygens (including phenoxy) is 1. The van der Waals surface area contributed by atoms with E-state index in [2.05, 4.69) is 24.0 Å². The van der Waals surface area contributed by atoms with Crippen molar-refractivity contribution in [2.45, 2.75) is 77.4 Å². The number of aromatic nitrogens is 2. The zero-order valence-electron chi connectivity index (χ0n) is 13.6. The third-order valence-corrected chi connectivity index (χ3v) is 4.22. The SMILES string of the molecule is CCOC1(c2noc(C(N)CC(C)C)n2)CCCCCC1. The van der Waals surface area contributed by atoms with Gasteiger partial charge in [-0.15, -0.1) is 0 Å². The minimum Gasteiger partial charge on any atom is -0.367 e. The van der Waals surface area contributed by atoms with Crippen LogP contribution in [0.4, 0.5) is 0 Å². The first-order chi connectivity index (χ1) is 10.1. The number of hydrogen-bond donors (Lipinski definition) is 1. The summed E-state index contributed by atoms with van der Waals surface area (Å²) in [6.07, 6.45) is 7.62. The molecule has 0 aliphatic heterocycles. The van der Waals surface area contributed by atoms with Gasteiger partial charge in [0.15, 0.2) is 0 Å². The molecule has 21 heavy (non-hydrogen) atoms. The van der Waals surface area contributed by atoms with Gasteiger partial charge in [-0.3, -0.25) is 0 Å². The quantitative estimate of drug-likeness (QED) is 0.810. The molecule has 0 radical (unpaired) electrons. The average Bonchev–Trinajstić information content (AvgIpc) is 2.81. The lowest BCUT2D eigenvalue weighted by atomic mass is 9.93. The maximum absolute atomic E-state index is 6.15. The van der Waals surface area contributed by atoms with E-state index in [9.17, 15) is 0 Å². The second kappa shape index (κ2) is 7.36. The first-order valence-corrected chi connectivity index (χ1v) is 8.31. The Morgan fingerprint density at radius 3 is 2.48 bits per heavy atom. The maximum atomic E-state index is 6.15. The maximum Gasteiger partial charge on any atom is 0.243 e. The molecule has 0 amide bonds. The smallest absolute Gasteiger partial charge is 0.243 e. The summed E-state index contributed by atoms with van der Waals surface area (Å²) in [4.78, 5) is 4.59. The van der Waals surface area contributed by atoms with Crippen molar-refractivity contribution in [2.75, 3.05) is 6.61 Å². The van der Waals surface area contributed by atoms with Crippen LogP contribution in [-0.4, -0.2) is 16.7 Å². The first-order valence-electron chi connectivity index (χ1n) is 8.31. The van der Waals surface area contributed by atoms with E-state index in [0.717, 1.165) is 32.1 Å². The summed E-state index contributed by atoms with van der Waals surface area (Å²) >= 11 is 0. The van der Waals surface area contributed by atoms with E-state index in [1.165, 1.54) is 12.8 Å². The molecule has 2 rings (SSSR count). The van der Waals surface area contributed by atoms with Gasteiger partial charge < -0.3 is 15.0 Å². The van der Waals surface area contributed by atoms with Crippen molar-refractivity contribution in [1.29, 1.82) is 0 Å². The van der Waals surface area contributed by atoms with Gasteiger partial charge in [0.1, 0.15) is 5.60 Å². The molecule has 5 heteroatoms. The summed E-state index contributed by atoms with van der Waals surface area (Å²) in [5.74, 6) is 1.75. The minimum atomic E-state index is -0.370. The average molecular weight is 295 g/mol. The molecule has 5 nitrogen and oxygen atoms in total. The molecule has 1 saturated carbocycles. The molecule has 1 unspecified atom stereocenters. The summed E-state index contributed by atoms with van der Waals surface area (Å²) in [6, 6.07) is -0.185. The number of nitrogens with zero attached hydrogens (tertiary/aromatic N) is 2. The highest BCUT2D eigenvalue weighted by Gasteiger charge is 2.38. The molecular weight excluding hydrogens is 266 g/mol. The Morgan fingerprint density at radius 1 is 1.24 bits per heavy atom. The predicted molar refractivity (Wildman–Crippen MR) is 81.7 cm³/mol. The minimum absolute atomic E-state index is 0.185. The van der Waals surface area contributed by atoms with Gasteiger partial charge in [0.05, 0.1) is 6.04 Å². The molecule has 1 aromatic heterocycles. The van der Waals surface area contributed by atoms with Gasteiger partial charge in [0.25, 0.3) is 0 Å². The van der Waals surface area contributed by atoms with Crippen LogP contribution in [0.15, 0.2) is 4.52 Å². The van der Waals surface area contributed by atoms with E-state index in [4.69, 9.17) is 15.0 Å². The van der Waals surface area contributed by atoms with Crippen LogP contribution in [0.25, 0.3) is 0 Å². The van der Waals surface area contributed by atoms with Crippen molar-refractivity contribution in [3.8, 4) is 0 Å². The second-order valence-electron chi connectivity index (χ2n) is 6.53. The largest absolute Gasteiger partial charge is 0.367 e. The highest BCUT2D eigenvalue weighted by molar-refractivity contribution is 5.04. The summed E-state index contributed by atoms with van der Waals surface area (Å²) < 4.78 is 11.5. The molecule has 0 bridgehead atoms. The Bertz CT molecular complexity index is 423. The molecular formula is C16H29N3O2. The Labute approximate surface area is 127 Å². The molecule has 0 saturated heterocycles. The Balaban J connectivity index is 2.19. The fourth-order valence-electron chi connectivity index (χ4n) is 3.19. The Kier molecular flexibility index (Phi) is 5.76. The molecule has 120 valence electrons. The lowest BCUT2D eigenvalue weighted by Crippen LogP contribution is -2.31. The molecule has 1 heterocycles. The Morgan fingerprint density at radius 2 is 1.90 bits per heavy atom. The number of rotatable bonds is 6. The van der Waals surface area contributed by atoms with Gasteiger partial charge in [0.2, 0.25) is 11.7 Å². The molecule has 1 atom stereocenters. The van der Waals surface area contributed by atoms with Crippen molar-refractivity contribution in [3.63, 3.8) is 0 Å². The predicted octanol–water partition coefficient (Wildman–Crippen LogP) is 3.70. The molecule has 0 aromatic carbocycles. The van der Waals surface area contributed by atoms with Crippen molar-refractivity contribution >= 4 is 0 Å². The standard InChI is InChI=1S/C16H29N3O2/c1-4-20-16(9-7-5-6-8-10-16)15-18-14(21-19-15)13(17)11-12(2)3/h12-13H,4-11,17H2,1-3H3. The third kappa shape index (κ3) is 4.04. The van der Waals surface area contributed by atoms with Crippen molar-refractivity contribution in [1.82, 2.24) is 10.1 Å². The second-order valence-corrected chi connectivity index (χ2v) is 6.53.